The Morgan fingerprint density at radius 3 is 2.18 bits per heavy atom. The Morgan fingerprint density at radius 1 is 1.27 bits per heavy atom. The maximum absolute atomic E-state index is 12.7. The van der Waals surface area contributed by atoms with Gasteiger partial charge < -0.3 is 4.74 Å². The van der Waals surface area contributed by atoms with E-state index in [2.05, 4.69) is 0 Å². The van der Waals surface area contributed by atoms with Crippen molar-refractivity contribution in [1.29, 1.82) is 0 Å². The van der Waals surface area contributed by atoms with Crippen LogP contribution < -0.4 is 5.01 Å². The highest BCUT2D eigenvalue weighted by Crippen LogP contribution is 2.33. The molecular weight excluding hydrogens is 305 g/mol. The average molecular weight is 320 g/mol. The van der Waals surface area contributed by atoms with Crippen LogP contribution in [0.5, 0.6) is 0 Å². The van der Waals surface area contributed by atoms with E-state index in [0.717, 1.165) is 19.1 Å². The maximum Gasteiger partial charge on any atom is 0.473 e. The highest BCUT2D eigenvalue weighted by atomic mass is 19.4. The van der Waals surface area contributed by atoms with E-state index < -0.39 is 28.5 Å². The third-order valence-corrected chi connectivity index (χ3v) is 2.49. The molecule has 1 aromatic carbocycles. The second kappa shape index (κ2) is 5.82. The summed E-state index contributed by atoms with van der Waals surface area (Å²) in [6.45, 7) is 5.70. The Hall–Kier alpha value is -2.32. The number of aryl methyl sites for hydroxylation is 1. The van der Waals surface area contributed by atoms with Gasteiger partial charge in [-0.3, -0.25) is 0 Å². The highest BCUT2D eigenvalue weighted by Gasteiger charge is 2.36. The van der Waals surface area contributed by atoms with Crippen molar-refractivity contribution < 1.29 is 27.7 Å². The molecule has 0 atom stereocenters. The lowest BCUT2D eigenvalue weighted by atomic mass is 10.1. The summed E-state index contributed by atoms with van der Waals surface area (Å²) in [5, 5.41) is 10.1. The van der Waals surface area contributed by atoms with Crippen LogP contribution in [0.2, 0.25) is 0 Å². The summed E-state index contributed by atoms with van der Waals surface area (Å²) in [7, 11) is 0. The molecule has 0 fully saturated rings. The average Bonchev–Trinajstić information content (AvgIpc) is 2.23. The van der Waals surface area contributed by atoms with Crippen LogP contribution in [0.3, 0.4) is 0 Å². The van der Waals surface area contributed by atoms with Crippen LogP contribution in [-0.2, 0) is 10.9 Å². The summed E-state index contributed by atoms with van der Waals surface area (Å²) < 4.78 is 42.9. The molecule has 0 spiro atoms. The maximum atomic E-state index is 12.7. The number of hydrazine groups is 1. The molecule has 0 aliphatic rings. The van der Waals surface area contributed by atoms with Gasteiger partial charge in [-0.1, -0.05) is 0 Å². The summed E-state index contributed by atoms with van der Waals surface area (Å²) in [4.78, 5) is 22.9. The van der Waals surface area contributed by atoms with E-state index >= 15 is 0 Å². The van der Waals surface area contributed by atoms with Crippen molar-refractivity contribution >= 4 is 11.8 Å². The van der Waals surface area contributed by atoms with Crippen LogP contribution in [0.1, 0.15) is 31.9 Å². The first-order valence-corrected chi connectivity index (χ1v) is 6.18. The fourth-order valence-electron chi connectivity index (χ4n) is 1.67. The zero-order valence-electron chi connectivity index (χ0n) is 12.4. The van der Waals surface area contributed by atoms with E-state index in [1.54, 1.807) is 0 Å². The van der Waals surface area contributed by atoms with E-state index in [-0.39, 0.29) is 16.3 Å². The van der Waals surface area contributed by atoms with Gasteiger partial charge in [0, 0.05) is 5.01 Å². The zero-order valence-corrected chi connectivity index (χ0v) is 12.4. The zero-order chi connectivity index (χ0) is 17.3. The van der Waals surface area contributed by atoms with E-state index in [1.165, 1.54) is 20.8 Å². The minimum atomic E-state index is -4.58. The van der Waals surface area contributed by atoms with Crippen molar-refractivity contribution in [2.24, 2.45) is 0 Å². The number of ether oxygens (including phenoxy) is 1. The lowest BCUT2D eigenvalue weighted by molar-refractivity contribution is -0.484. The highest BCUT2D eigenvalue weighted by molar-refractivity contribution is 5.85. The minimum Gasteiger partial charge on any atom is -0.440 e. The Morgan fingerprint density at radius 2 is 1.82 bits per heavy atom. The number of benzene rings is 1. The van der Waals surface area contributed by atoms with Crippen molar-refractivity contribution in [1.82, 2.24) is 0 Å². The van der Waals surface area contributed by atoms with E-state index in [0.29, 0.717) is 6.07 Å². The number of nitrogens with zero attached hydrogens (tertiary/aromatic N) is 2. The number of carbonyl (C=O) groups is 1. The van der Waals surface area contributed by atoms with Crippen LogP contribution in [0.15, 0.2) is 18.2 Å². The molecule has 0 unspecified atom stereocenters. The smallest absolute Gasteiger partial charge is 0.440 e. The fourth-order valence-corrected chi connectivity index (χ4v) is 1.67. The molecule has 0 bridgehead atoms. The number of amides is 1. The normalized spacial score (nSPS) is 12.0. The summed E-state index contributed by atoms with van der Waals surface area (Å²) in [5.41, 5.74) is -2.46. The molecule has 0 heterocycles. The molecule has 1 aromatic rings. The first kappa shape index (κ1) is 17.7. The number of rotatable bonds is 2. The van der Waals surface area contributed by atoms with Crippen molar-refractivity contribution in [2.75, 3.05) is 5.01 Å². The van der Waals surface area contributed by atoms with E-state index in [4.69, 9.17) is 4.74 Å². The molecule has 0 saturated carbocycles. The molecule has 0 aliphatic carbocycles. The van der Waals surface area contributed by atoms with Gasteiger partial charge in [-0.2, -0.15) is 13.2 Å². The number of halogens is 3. The summed E-state index contributed by atoms with van der Waals surface area (Å²) >= 11 is 0. The summed E-state index contributed by atoms with van der Waals surface area (Å²) in [6.07, 6.45) is -5.86. The Labute approximate surface area is 124 Å². The number of alkyl halides is 3. The van der Waals surface area contributed by atoms with Crippen molar-refractivity contribution in [2.45, 2.75) is 39.5 Å². The third-order valence-electron chi connectivity index (χ3n) is 2.49. The number of anilines is 1. The topological polar surface area (TPSA) is 72.7 Å². The molecule has 0 aliphatic heterocycles. The van der Waals surface area contributed by atoms with Crippen molar-refractivity contribution in [3.05, 3.63) is 39.4 Å². The molecule has 0 saturated heterocycles. The summed E-state index contributed by atoms with van der Waals surface area (Å²) in [6, 6.07) is 2.45. The van der Waals surface area contributed by atoms with Gasteiger partial charge in [-0.05, 0) is 51.5 Å². The molecule has 1 rings (SSSR count). The quantitative estimate of drug-likeness (QED) is 0.611. The second-order valence-electron chi connectivity index (χ2n) is 5.53. The van der Waals surface area contributed by atoms with Crippen molar-refractivity contribution in [3.63, 3.8) is 0 Å². The van der Waals surface area contributed by atoms with E-state index in [1.807, 2.05) is 0 Å². The lowest BCUT2D eigenvalue weighted by Crippen LogP contribution is -2.40. The van der Waals surface area contributed by atoms with Crippen LogP contribution in [0, 0.1) is 17.0 Å². The van der Waals surface area contributed by atoms with E-state index in [9.17, 15) is 28.1 Å². The Kier molecular flexibility index (Phi) is 4.69. The third kappa shape index (κ3) is 4.34. The molecule has 122 valence electrons. The first-order valence-electron chi connectivity index (χ1n) is 6.18. The lowest BCUT2D eigenvalue weighted by Gasteiger charge is -2.22. The molecule has 9 heteroatoms. The molecule has 0 N–H and O–H groups in total. The fraction of sp³-hybridized carbons (Fsp3) is 0.462. The predicted molar refractivity (Wildman–Crippen MR) is 71.9 cm³/mol. The van der Waals surface area contributed by atoms with Crippen LogP contribution in [0.25, 0.3) is 0 Å². The minimum absolute atomic E-state index is 0.0679. The largest absolute Gasteiger partial charge is 0.473 e. The molecular formula is C13H15F3N2O4. The van der Waals surface area contributed by atoms with Gasteiger partial charge in [0.05, 0.1) is 5.56 Å². The van der Waals surface area contributed by atoms with Gasteiger partial charge in [0.1, 0.15) is 11.3 Å². The predicted octanol–water partition coefficient (Wildman–Crippen LogP) is 3.95. The SMILES string of the molecule is Cc1cc(N(C(=O)OC(C)(C)C)[N+](=O)[O-])ccc1C(F)(F)F. The number of carbonyl (C=O) groups excluding carboxylic acids is 1. The second-order valence-corrected chi connectivity index (χ2v) is 5.53. The van der Waals surface area contributed by atoms with Crippen molar-refractivity contribution in [3.8, 4) is 0 Å². The number of hydrogen-bond donors (Lipinski definition) is 0. The van der Waals surface area contributed by atoms with Gasteiger partial charge in [0.15, 0.2) is 5.03 Å². The molecule has 0 aromatic heterocycles. The first-order chi connectivity index (χ1) is 9.83. The Bertz CT molecular complexity index is 594. The standard InChI is InChI=1S/C13H15F3N2O4/c1-8-7-9(5-6-10(8)13(14,15)16)17(18(20)21)11(19)22-12(2,3)4/h5-7H,1-4H3. The summed E-state index contributed by atoms with van der Waals surface area (Å²) in [5.74, 6) is 0. The molecule has 0 radical (unpaired) electrons. The number of nitro groups is 1. The number of hydrogen-bond acceptors (Lipinski definition) is 4. The van der Waals surface area contributed by atoms with Crippen LogP contribution in [-0.4, -0.2) is 16.7 Å². The molecule has 1 amide bonds. The van der Waals surface area contributed by atoms with Gasteiger partial charge >= 0.3 is 12.3 Å². The molecule has 6 nitrogen and oxygen atoms in total. The van der Waals surface area contributed by atoms with Gasteiger partial charge in [-0.15, -0.1) is 0 Å². The van der Waals surface area contributed by atoms with Gasteiger partial charge in [0.2, 0.25) is 0 Å². The van der Waals surface area contributed by atoms with Gasteiger partial charge in [0.25, 0.3) is 0 Å². The monoisotopic (exact) mass is 320 g/mol. The Balaban J connectivity index is 3.21. The van der Waals surface area contributed by atoms with Crippen LogP contribution in [0.4, 0.5) is 23.7 Å². The van der Waals surface area contributed by atoms with Crippen LogP contribution >= 0.6 is 0 Å². The van der Waals surface area contributed by atoms with Gasteiger partial charge in [-0.25, -0.2) is 14.9 Å². The molecule has 22 heavy (non-hydrogen) atoms.